The van der Waals surface area contributed by atoms with Crippen LogP contribution in [0.1, 0.15) is 20.8 Å². The second-order valence-electron chi connectivity index (χ2n) is 2.14. The molecule has 0 heterocycles. The molecule has 0 amide bonds. The normalized spacial score (nSPS) is 9.62. The first-order valence-corrected chi connectivity index (χ1v) is 4.00. The van der Waals surface area contributed by atoms with E-state index in [0.717, 1.165) is 0 Å². The van der Waals surface area contributed by atoms with E-state index in [9.17, 15) is 4.79 Å². The van der Waals surface area contributed by atoms with Crippen LogP contribution in [-0.2, 0) is 4.79 Å². The highest BCUT2D eigenvalue weighted by molar-refractivity contribution is 5.97. The van der Waals surface area contributed by atoms with E-state index < -0.39 is 0 Å². The molecule has 0 aliphatic carbocycles. The van der Waals surface area contributed by atoms with Crippen LogP contribution in [0.3, 0.4) is 0 Å². The predicted octanol–water partition coefficient (Wildman–Crippen LogP) is 2.07. The Labute approximate surface area is 79.3 Å². The van der Waals surface area contributed by atoms with Crippen LogP contribution in [-0.4, -0.2) is 10.9 Å². The first-order valence-electron chi connectivity index (χ1n) is 4.00. The van der Waals surface area contributed by atoms with Crippen molar-refractivity contribution in [2.24, 2.45) is 5.73 Å². The largest absolute Gasteiger partial charge is 0.508 e. The quantitative estimate of drug-likeness (QED) is 0.400. The molecule has 13 heavy (non-hydrogen) atoms. The highest BCUT2D eigenvalue weighted by Crippen LogP contribution is 2.06. The van der Waals surface area contributed by atoms with Gasteiger partial charge in [0, 0.05) is 5.70 Å². The van der Waals surface area contributed by atoms with Crippen molar-refractivity contribution in [3.8, 4) is 0 Å². The molecule has 0 aromatic heterocycles. The molecule has 74 valence electrons. The SMILES string of the molecule is C=C(N)/C=C(\C(=C)O)C(C)=O.CC. The highest BCUT2D eigenvalue weighted by Gasteiger charge is 2.05. The van der Waals surface area contributed by atoms with Crippen LogP contribution in [0.25, 0.3) is 0 Å². The Bertz CT molecular complexity index is 223. The molecular formula is C10H17NO2. The van der Waals surface area contributed by atoms with E-state index in [-0.39, 0.29) is 22.8 Å². The fourth-order valence-electron chi connectivity index (χ4n) is 0.574. The summed E-state index contributed by atoms with van der Waals surface area (Å²) < 4.78 is 0. The summed E-state index contributed by atoms with van der Waals surface area (Å²) in [5.74, 6) is -0.576. The van der Waals surface area contributed by atoms with Gasteiger partial charge in [-0.2, -0.15) is 0 Å². The second-order valence-corrected chi connectivity index (χ2v) is 2.14. The van der Waals surface area contributed by atoms with Crippen LogP contribution in [0.5, 0.6) is 0 Å². The number of carbonyl (C=O) groups is 1. The third-order valence-corrected chi connectivity index (χ3v) is 1.02. The molecule has 0 atom stereocenters. The van der Waals surface area contributed by atoms with Gasteiger partial charge in [-0.15, -0.1) is 0 Å². The van der Waals surface area contributed by atoms with Crippen molar-refractivity contribution in [3.05, 3.63) is 36.3 Å². The van der Waals surface area contributed by atoms with Gasteiger partial charge in [0.1, 0.15) is 5.76 Å². The van der Waals surface area contributed by atoms with Gasteiger partial charge in [-0.3, -0.25) is 4.79 Å². The summed E-state index contributed by atoms with van der Waals surface area (Å²) in [5, 5.41) is 8.85. The monoisotopic (exact) mass is 183 g/mol. The Balaban J connectivity index is 0. The Morgan fingerprint density at radius 3 is 1.85 bits per heavy atom. The maximum Gasteiger partial charge on any atom is 0.163 e. The number of Topliss-reactive ketones (excluding diaryl/α,β-unsaturated/α-hetero) is 1. The van der Waals surface area contributed by atoms with Crippen LogP contribution in [0, 0.1) is 0 Å². The number of allylic oxidation sites excluding steroid dienone is 2. The van der Waals surface area contributed by atoms with Crippen LogP contribution in [0.4, 0.5) is 0 Å². The average Bonchev–Trinajstić information content (AvgIpc) is 2.03. The molecule has 3 nitrogen and oxygen atoms in total. The van der Waals surface area contributed by atoms with E-state index in [1.54, 1.807) is 0 Å². The van der Waals surface area contributed by atoms with E-state index in [2.05, 4.69) is 13.2 Å². The first-order chi connectivity index (χ1) is 5.95. The van der Waals surface area contributed by atoms with Gasteiger partial charge in [-0.05, 0) is 13.0 Å². The van der Waals surface area contributed by atoms with Gasteiger partial charge >= 0.3 is 0 Å². The molecule has 0 fully saturated rings. The van der Waals surface area contributed by atoms with Crippen LogP contribution < -0.4 is 5.73 Å². The number of rotatable bonds is 3. The van der Waals surface area contributed by atoms with Crippen molar-refractivity contribution in [3.63, 3.8) is 0 Å². The molecular weight excluding hydrogens is 166 g/mol. The van der Waals surface area contributed by atoms with Crippen molar-refractivity contribution < 1.29 is 9.90 Å². The van der Waals surface area contributed by atoms with E-state index in [1.165, 1.54) is 13.0 Å². The predicted molar refractivity (Wildman–Crippen MR) is 55.2 cm³/mol. The third kappa shape index (κ3) is 6.87. The highest BCUT2D eigenvalue weighted by atomic mass is 16.3. The van der Waals surface area contributed by atoms with Crippen LogP contribution in [0.2, 0.25) is 0 Å². The summed E-state index contributed by atoms with van der Waals surface area (Å²) in [5.41, 5.74) is 5.50. The number of aliphatic hydroxyl groups excluding tert-OH is 1. The van der Waals surface area contributed by atoms with Crippen molar-refractivity contribution in [1.82, 2.24) is 0 Å². The smallest absolute Gasteiger partial charge is 0.163 e. The Hall–Kier alpha value is -1.51. The minimum absolute atomic E-state index is 0.0949. The van der Waals surface area contributed by atoms with Gasteiger partial charge < -0.3 is 10.8 Å². The molecule has 3 N–H and O–H groups in total. The lowest BCUT2D eigenvalue weighted by Crippen LogP contribution is -2.02. The molecule has 0 saturated carbocycles. The zero-order valence-corrected chi connectivity index (χ0v) is 8.42. The number of aliphatic hydroxyl groups is 1. The van der Waals surface area contributed by atoms with Crippen LogP contribution in [0.15, 0.2) is 36.3 Å². The summed E-state index contributed by atoms with van der Waals surface area (Å²) in [7, 11) is 0. The lowest BCUT2D eigenvalue weighted by Gasteiger charge is -1.99. The van der Waals surface area contributed by atoms with E-state index in [4.69, 9.17) is 10.8 Å². The average molecular weight is 183 g/mol. The number of ketones is 1. The first kappa shape index (κ1) is 14.0. The van der Waals surface area contributed by atoms with E-state index in [0.29, 0.717) is 0 Å². The molecule has 0 rings (SSSR count). The van der Waals surface area contributed by atoms with Crippen molar-refractivity contribution >= 4 is 5.78 Å². The summed E-state index contributed by atoms with van der Waals surface area (Å²) >= 11 is 0. The van der Waals surface area contributed by atoms with Gasteiger partial charge in [0.25, 0.3) is 0 Å². The molecule has 3 heteroatoms. The number of nitrogens with two attached hydrogens (primary N) is 1. The minimum atomic E-state index is -0.288. The van der Waals surface area contributed by atoms with E-state index in [1.807, 2.05) is 13.8 Å². The van der Waals surface area contributed by atoms with Crippen molar-refractivity contribution in [2.45, 2.75) is 20.8 Å². The molecule has 0 spiro atoms. The molecule has 0 saturated heterocycles. The topological polar surface area (TPSA) is 63.3 Å². The van der Waals surface area contributed by atoms with Crippen molar-refractivity contribution in [1.29, 1.82) is 0 Å². The number of hydrogen-bond donors (Lipinski definition) is 2. The summed E-state index contributed by atoms with van der Waals surface area (Å²) in [6.45, 7) is 11.9. The molecule has 0 aliphatic heterocycles. The summed E-state index contributed by atoms with van der Waals surface area (Å²) in [6, 6.07) is 0. The Morgan fingerprint density at radius 2 is 1.77 bits per heavy atom. The second kappa shape index (κ2) is 7.16. The standard InChI is InChI=1S/C8H11NO2.C2H6/c1-5(9)4-8(6(2)10)7(3)11;1-2/h4,10H,1-2,9H2,3H3;1-2H3/b8-4+;. The molecule has 0 bridgehead atoms. The van der Waals surface area contributed by atoms with Gasteiger partial charge in [0.2, 0.25) is 0 Å². The fourth-order valence-corrected chi connectivity index (χ4v) is 0.574. The Morgan fingerprint density at radius 1 is 1.38 bits per heavy atom. The fraction of sp³-hybridized carbons (Fsp3) is 0.300. The van der Waals surface area contributed by atoms with Crippen molar-refractivity contribution in [2.75, 3.05) is 0 Å². The lowest BCUT2D eigenvalue weighted by molar-refractivity contribution is -0.113. The number of carbonyl (C=O) groups excluding carboxylic acids is 1. The van der Waals surface area contributed by atoms with Gasteiger partial charge in [0.15, 0.2) is 5.78 Å². The summed E-state index contributed by atoms with van der Waals surface area (Å²) in [4.78, 5) is 10.7. The third-order valence-electron chi connectivity index (χ3n) is 1.02. The molecule has 0 radical (unpaired) electrons. The maximum absolute atomic E-state index is 10.7. The maximum atomic E-state index is 10.7. The zero-order chi connectivity index (χ0) is 11.0. The Kier molecular flexibility index (Phi) is 7.73. The molecule has 0 unspecified atom stereocenters. The lowest BCUT2D eigenvalue weighted by atomic mass is 10.1. The number of hydrogen-bond acceptors (Lipinski definition) is 3. The molecule has 0 aromatic carbocycles. The van der Waals surface area contributed by atoms with Crippen LogP contribution >= 0.6 is 0 Å². The van der Waals surface area contributed by atoms with Gasteiger partial charge in [0.05, 0.1) is 5.57 Å². The van der Waals surface area contributed by atoms with Gasteiger partial charge in [-0.25, -0.2) is 0 Å². The minimum Gasteiger partial charge on any atom is -0.508 e. The van der Waals surface area contributed by atoms with Gasteiger partial charge in [-0.1, -0.05) is 27.0 Å². The summed E-state index contributed by atoms with van der Waals surface area (Å²) in [6.07, 6.45) is 1.28. The molecule has 0 aromatic rings. The molecule has 0 aliphatic rings. The zero-order valence-electron chi connectivity index (χ0n) is 8.42. The van der Waals surface area contributed by atoms with E-state index >= 15 is 0 Å².